The second-order valence-corrected chi connectivity index (χ2v) is 5.88. The van der Waals surface area contributed by atoms with Crippen molar-refractivity contribution in [2.24, 2.45) is 0 Å². The number of methoxy groups -OCH3 is 1. The van der Waals surface area contributed by atoms with Crippen LogP contribution in [0.3, 0.4) is 0 Å². The van der Waals surface area contributed by atoms with Crippen molar-refractivity contribution < 1.29 is 14.6 Å². The van der Waals surface area contributed by atoms with Crippen LogP contribution in [-0.4, -0.2) is 48.3 Å². The molecule has 0 unspecified atom stereocenters. The molecule has 1 saturated heterocycles. The maximum absolute atomic E-state index is 12.2. The minimum atomic E-state index is -0.0156. The van der Waals surface area contributed by atoms with E-state index in [-0.39, 0.29) is 18.6 Å². The van der Waals surface area contributed by atoms with Crippen LogP contribution in [0.25, 0.3) is 0 Å². The highest BCUT2D eigenvalue weighted by Crippen LogP contribution is 2.22. The van der Waals surface area contributed by atoms with Gasteiger partial charge in [0.2, 0.25) is 5.91 Å². The summed E-state index contributed by atoms with van der Waals surface area (Å²) in [5.41, 5.74) is 0.962. The molecule has 1 aliphatic heterocycles. The van der Waals surface area contributed by atoms with Crippen LogP contribution in [0.2, 0.25) is 0 Å². The third-order valence-corrected chi connectivity index (χ3v) is 4.40. The molecule has 0 bridgehead atoms. The topological polar surface area (TPSA) is 61.8 Å². The van der Waals surface area contributed by atoms with Crippen molar-refractivity contribution in [3.05, 3.63) is 29.8 Å². The van der Waals surface area contributed by atoms with Crippen LogP contribution in [0, 0.1) is 0 Å². The summed E-state index contributed by atoms with van der Waals surface area (Å²) in [5.74, 6) is 0.764. The average Bonchev–Trinajstić information content (AvgIpc) is 2.55. The van der Waals surface area contributed by atoms with Crippen molar-refractivity contribution >= 4 is 5.91 Å². The van der Waals surface area contributed by atoms with Gasteiger partial charge in [-0.3, -0.25) is 9.69 Å². The molecule has 0 radical (unpaired) electrons. The number of para-hydroxylation sites is 1. The minimum Gasteiger partial charge on any atom is -0.496 e. The smallest absolute Gasteiger partial charge is 0.234 e. The maximum Gasteiger partial charge on any atom is 0.234 e. The van der Waals surface area contributed by atoms with Gasteiger partial charge < -0.3 is 15.2 Å². The SMILES string of the molecule is COc1ccccc1CNC(=O)CN1[C@H](CO)CCC[C@@H]1C. The normalized spacial score (nSPS) is 22.3. The number of rotatable bonds is 6. The molecule has 122 valence electrons. The van der Waals surface area contributed by atoms with Crippen LogP contribution in [-0.2, 0) is 11.3 Å². The van der Waals surface area contributed by atoms with Gasteiger partial charge in [0.05, 0.1) is 20.3 Å². The second kappa shape index (κ2) is 8.15. The van der Waals surface area contributed by atoms with Gasteiger partial charge in [-0.2, -0.15) is 0 Å². The van der Waals surface area contributed by atoms with Crippen molar-refractivity contribution in [1.29, 1.82) is 0 Å². The molecule has 1 amide bonds. The zero-order valence-corrected chi connectivity index (χ0v) is 13.4. The van der Waals surface area contributed by atoms with E-state index in [9.17, 15) is 9.90 Å². The Morgan fingerprint density at radius 2 is 2.18 bits per heavy atom. The highest BCUT2D eigenvalue weighted by atomic mass is 16.5. The molecule has 0 saturated carbocycles. The lowest BCUT2D eigenvalue weighted by Gasteiger charge is -2.39. The van der Waals surface area contributed by atoms with E-state index in [2.05, 4.69) is 17.1 Å². The summed E-state index contributed by atoms with van der Waals surface area (Å²) < 4.78 is 5.28. The first-order valence-corrected chi connectivity index (χ1v) is 7.91. The third kappa shape index (κ3) is 4.21. The fraction of sp³-hybridized carbons (Fsp3) is 0.588. The van der Waals surface area contributed by atoms with Crippen molar-refractivity contribution in [3.8, 4) is 5.75 Å². The molecular weight excluding hydrogens is 280 g/mol. The molecular formula is C17H26N2O3. The number of piperidine rings is 1. The summed E-state index contributed by atoms with van der Waals surface area (Å²) in [6, 6.07) is 8.10. The minimum absolute atomic E-state index is 0.0156. The Hall–Kier alpha value is -1.59. The lowest BCUT2D eigenvalue weighted by Crippen LogP contribution is -2.51. The van der Waals surface area contributed by atoms with Crippen molar-refractivity contribution in [2.75, 3.05) is 20.3 Å². The number of aliphatic hydroxyl groups excluding tert-OH is 1. The van der Waals surface area contributed by atoms with Crippen LogP contribution >= 0.6 is 0 Å². The summed E-state index contributed by atoms with van der Waals surface area (Å²) in [7, 11) is 1.63. The summed E-state index contributed by atoms with van der Waals surface area (Å²) in [6.07, 6.45) is 3.16. The number of amides is 1. The summed E-state index contributed by atoms with van der Waals surface area (Å²) >= 11 is 0. The van der Waals surface area contributed by atoms with E-state index in [0.717, 1.165) is 30.6 Å². The summed E-state index contributed by atoms with van der Waals surface area (Å²) in [6.45, 7) is 3.02. The van der Waals surface area contributed by atoms with Crippen LogP contribution < -0.4 is 10.1 Å². The lowest BCUT2D eigenvalue weighted by molar-refractivity contribution is -0.124. The highest BCUT2D eigenvalue weighted by Gasteiger charge is 2.28. The first-order chi connectivity index (χ1) is 10.7. The number of nitrogens with one attached hydrogen (secondary N) is 1. The number of nitrogens with zero attached hydrogens (tertiary/aromatic N) is 1. The molecule has 2 N–H and O–H groups in total. The Balaban J connectivity index is 1.89. The van der Waals surface area contributed by atoms with Crippen molar-refractivity contribution in [3.63, 3.8) is 0 Å². The van der Waals surface area contributed by atoms with E-state index < -0.39 is 0 Å². The predicted octanol–water partition coefficient (Wildman–Crippen LogP) is 1.55. The molecule has 1 heterocycles. The van der Waals surface area contributed by atoms with Crippen LogP contribution in [0.1, 0.15) is 31.7 Å². The first kappa shape index (κ1) is 16.8. The Morgan fingerprint density at radius 3 is 2.91 bits per heavy atom. The van der Waals surface area contributed by atoms with Gasteiger partial charge in [-0.1, -0.05) is 24.6 Å². The van der Waals surface area contributed by atoms with Crippen LogP contribution in [0.5, 0.6) is 5.75 Å². The molecule has 0 aliphatic carbocycles. The number of likely N-dealkylation sites (tertiary alicyclic amines) is 1. The van der Waals surface area contributed by atoms with Gasteiger partial charge in [-0.15, -0.1) is 0 Å². The number of benzene rings is 1. The molecule has 0 aromatic heterocycles. The quantitative estimate of drug-likeness (QED) is 0.837. The van der Waals surface area contributed by atoms with E-state index in [4.69, 9.17) is 4.74 Å². The van der Waals surface area contributed by atoms with E-state index in [1.807, 2.05) is 24.3 Å². The number of hydrogen-bond donors (Lipinski definition) is 2. The molecule has 2 rings (SSSR count). The molecule has 0 spiro atoms. The highest BCUT2D eigenvalue weighted by molar-refractivity contribution is 5.78. The lowest BCUT2D eigenvalue weighted by atomic mass is 9.97. The van der Waals surface area contributed by atoms with Gasteiger partial charge in [-0.25, -0.2) is 0 Å². The number of carbonyl (C=O) groups is 1. The monoisotopic (exact) mass is 306 g/mol. The fourth-order valence-electron chi connectivity index (χ4n) is 3.09. The molecule has 1 aromatic rings. The largest absolute Gasteiger partial charge is 0.496 e. The fourth-order valence-corrected chi connectivity index (χ4v) is 3.09. The molecule has 22 heavy (non-hydrogen) atoms. The molecule has 2 atom stereocenters. The van der Waals surface area contributed by atoms with Gasteiger partial charge in [0.15, 0.2) is 0 Å². The standard InChI is InChI=1S/C17H26N2O3/c1-13-6-5-8-15(12-20)19(13)11-17(21)18-10-14-7-3-4-9-16(14)22-2/h3-4,7,9,13,15,20H,5-6,8,10-12H2,1-2H3,(H,18,21)/t13-,15-/m0/s1. The zero-order chi connectivity index (χ0) is 15.9. The third-order valence-electron chi connectivity index (χ3n) is 4.40. The Kier molecular flexibility index (Phi) is 6.21. The van der Waals surface area contributed by atoms with Gasteiger partial charge in [-0.05, 0) is 25.8 Å². The first-order valence-electron chi connectivity index (χ1n) is 7.91. The van der Waals surface area contributed by atoms with Gasteiger partial charge in [0, 0.05) is 24.2 Å². The van der Waals surface area contributed by atoms with Gasteiger partial charge in [0.25, 0.3) is 0 Å². The number of hydrogen-bond acceptors (Lipinski definition) is 4. The Labute approximate surface area is 132 Å². The average molecular weight is 306 g/mol. The zero-order valence-electron chi connectivity index (χ0n) is 13.4. The Morgan fingerprint density at radius 1 is 1.41 bits per heavy atom. The van der Waals surface area contributed by atoms with E-state index >= 15 is 0 Å². The van der Waals surface area contributed by atoms with E-state index in [1.54, 1.807) is 7.11 Å². The van der Waals surface area contributed by atoms with E-state index in [1.165, 1.54) is 0 Å². The van der Waals surface area contributed by atoms with Gasteiger partial charge in [0.1, 0.15) is 5.75 Å². The summed E-state index contributed by atoms with van der Waals surface area (Å²) in [4.78, 5) is 14.3. The molecule has 1 fully saturated rings. The van der Waals surface area contributed by atoms with Crippen molar-refractivity contribution in [1.82, 2.24) is 10.2 Å². The number of carbonyl (C=O) groups excluding carboxylic acids is 1. The molecule has 5 heteroatoms. The summed E-state index contributed by atoms with van der Waals surface area (Å²) in [5, 5.41) is 12.4. The molecule has 1 aliphatic rings. The van der Waals surface area contributed by atoms with Crippen LogP contribution in [0.4, 0.5) is 0 Å². The van der Waals surface area contributed by atoms with Crippen molar-refractivity contribution in [2.45, 2.75) is 44.8 Å². The molecule has 1 aromatic carbocycles. The number of ether oxygens (including phenoxy) is 1. The molecule has 5 nitrogen and oxygen atoms in total. The predicted molar refractivity (Wildman–Crippen MR) is 85.7 cm³/mol. The number of aliphatic hydroxyl groups is 1. The second-order valence-electron chi connectivity index (χ2n) is 5.88. The van der Waals surface area contributed by atoms with Gasteiger partial charge >= 0.3 is 0 Å². The Bertz CT molecular complexity index is 493. The van der Waals surface area contributed by atoms with E-state index in [0.29, 0.717) is 19.1 Å². The maximum atomic E-state index is 12.2. The van der Waals surface area contributed by atoms with Crippen LogP contribution in [0.15, 0.2) is 24.3 Å².